The molecule has 10 heavy (non-hydrogen) atoms. The Balaban J connectivity index is 0.000000138. The number of nitrogens with one attached hydrogen (secondary N) is 1. The summed E-state index contributed by atoms with van der Waals surface area (Å²) in [6.07, 6.45) is 4.50. The number of hydrogen-bond donors (Lipinski definition) is 1. The van der Waals surface area contributed by atoms with Gasteiger partial charge >= 0.3 is 0 Å². The highest BCUT2D eigenvalue weighted by atomic mass is 15.2. The van der Waals surface area contributed by atoms with Crippen molar-refractivity contribution in [2.75, 3.05) is 33.2 Å². The summed E-state index contributed by atoms with van der Waals surface area (Å²) in [7, 11) is 2.15. The monoisotopic (exact) mass is 142 g/mol. The number of likely N-dealkylation sites (N-methyl/N-ethyl adjacent to an activating group) is 1. The summed E-state index contributed by atoms with van der Waals surface area (Å²) < 4.78 is 0. The molecular formula is C8H18N2. The summed E-state index contributed by atoms with van der Waals surface area (Å²) in [5.74, 6) is 0. The molecule has 0 aromatic carbocycles. The summed E-state index contributed by atoms with van der Waals surface area (Å²) >= 11 is 0. The minimum atomic E-state index is 1.16. The second-order valence-electron chi connectivity index (χ2n) is 3.11. The van der Waals surface area contributed by atoms with Crippen molar-refractivity contribution in [2.45, 2.75) is 19.3 Å². The molecule has 0 atom stereocenters. The maximum Gasteiger partial charge on any atom is 0.0104 e. The molecule has 0 aromatic rings. The Morgan fingerprint density at radius 2 is 1.50 bits per heavy atom. The van der Waals surface area contributed by atoms with Gasteiger partial charge < -0.3 is 10.2 Å². The fourth-order valence-electron chi connectivity index (χ4n) is 0.777. The topological polar surface area (TPSA) is 15.3 Å². The second kappa shape index (κ2) is 4.69. The van der Waals surface area contributed by atoms with Gasteiger partial charge in [0, 0.05) is 26.2 Å². The van der Waals surface area contributed by atoms with Crippen molar-refractivity contribution in [3.8, 4) is 0 Å². The third kappa shape index (κ3) is 4.77. The number of hydrogen-bond acceptors (Lipinski definition) is 2. The predicted octanol–water partition coefficient (Wildman–Crippen LogP) is 0.692. The molecule has 2 aliphatic rings. The van der Waals surface area contributed by atoms with Crippen LogP contribution in [0.1, 0.15) is 19.3 Å². The van der Waals surface area contributed by atoms with Crippen LogP contribution >= 0.6 is 0 Å². The molecule has 1 aliphatic carbocycles. The fourth-order valence-corrected chi connectivity index (χ4v) is 0.777. The third-order valence-electron chi connectivity index (χ3n) is 1.69. The van der Waals surface area contributed by atoms with E-state index < -0.39 is 0 Å². The highest BCUT2D eigenvalue weighted by Crippen LogP contribution is 2.14. The molecule has 2 fully saturated rings. The van der Waals surface area contributed by atoms with Crippen molar-refractivity contribution in [3.63, 3.8) is 0 Å². The quantitative estimate of drug-likeness (QED) is 0.535. The van der Waals surface area contributed by atoms with Crippen molar-refractivity contribution in [2.24, 2.45) is 0 Å². The molecule has 60 valence electrons. The van der Waals surface area contributed by atoms with E-state index in [9.17, 15) is 0 Å². The Hall–Kier alpha value is -0.0800. The fraction of sp³-hybridized carbons (Fsp3) is 1.00. The van der Waals surface area contributed by atoms with Gasteiger partial charge in [0.15, 0.2) is 0 Å². The average molecular weight is 142 g/mol. The van der Waals surface area contributed by atoms with E-state index in [1.54, 1.807) is 0 Å². The van der Waals surface area contributed by atoms with Crippen molar-refractivity contribution >= 4 is 0 Å². The molecule has 1 N–H and O–H groups in total. The highest BCUT2D eigenvalue weighted by Gasteiger charge is 2.01. The van der Waals surface area contributed by atoms with Gasteiger partial charge in [-0.2, -0.15) is 0 Å². The van der Waals surface area contributed by atoms with E-state index in [0.717, 1.165) is 13.1 Å². The van der Waals surface area contributed by atoms with Gasteiger partial charge in [-0.1, -0.05) is 19.3 Å². The molecule has 2 rings (SSSR count). The van der Waals surface area contributed by atoms with Crippen LogP contribution in [0.3, 0.4) is 0 Å². The Labute approximate surface area is 63.6 Å². The van der Waals surface area contributed by atoms with E-state index in [0.29, 0.717) is 0 Å². The molecule has 1 heterocycles. The molecule has 1 aliphatic heterocycles. The van der Waals surface area contributed by atoms with Gasteiger partial charge in [0.2, 0.25) is 0 Å². The summed E-state index contributed by atoms with van der Waals surface area (Å²) in [6.45, 7) is 4.74. The first kappa shape index (κ1) is 8.02. The summed E-state index contributed by atoms with van der Waals surface area (Å²) in [6, 6.07) is 0. The van der Waals surface area contributed by atoms with Crippen LogP contribution in [-0.4, -0.2) is 38.1 Å². The van der Waals surface area contributed by atoms with Crippen LogP contribution in [0, 0.1) is 0 Å². The summed E-state index contributed by atoms with van der Waals surface area (Å²) in [4.78, 5) is 2.33. The summed E-state index contributed by atoms with van der Waals surface area (Å²) in [5, 5.41) is 3.27. The van der Waals surface area contributed by atoms with E-state index in [1.807, 2.05) is 0 Å². The van der Waals surface area contributed by atoms with Crippen LogP contribution in [0.4, 0.5) is 0 Å². The lowest BCUT2D eigenvalue weighted by atomic mass is 10.4. The van der Waals surface area contributed by atoms with Gasteiger partial charge in [-0.05, 0) is 7.05 Å². The number of nitrogens with zero attached hydrogens (tertiary/aromatic N) is 1. The Morgan fingerprint density at radius 3 is 1.70 bits per heavy atom. The maximum absolute atomic E-state index is 3.27. The van der Waals surface area contributed by atoms with Gasteiger partial charge in [0.05, 0.1) is 0 Å². The lowest BCUT2D eigenvalue weighted by molar-refractivity contribution is 0.291. The van der Waals surface area contributed by atoms with Gasteiger partial charge in [-0.25, -0.2) is 0 Å². The smallest absolute Gasteiger partial charge is 0.0104 e. The Kier molecular flexibility index (Phi) is 3.76. The van der Waals surface area contributed by atoms with E-state index in [4.69, 9.17) is 0 Å². The molecule has 1 saturated carbocycles. The van der Waals surface area contributed by atoms with Crippen molar-refractivity contribution in [3.05, 3.63) is 0 Å². The van der Waals surface area contributed by atoms with Gasteiger partial charge in [-0.15, -0.1) is 0 Å². The van der Waals surface area contributed by atoms with Crippen LogP contribution in [0.5, 0.6) is 0 Å². The molecule has 2 heteroatoms. The molecule has 0 amide bonds. The van der Waals surface area contributed by atoms with Gasteiger partial charge in [0.1, 0.15) is 0 Å². The van der Waals surface area contributed by atoms with Crippen molar-refractivity contribution < 1.29 is 0 Å². The molecular weight excluding hydrogens is 124 g/mol. The molecule has 2 nitrogen and oxygen atoms in total. The summed E-state index contributed by atoms with van der Waals surface area (Å²) in [5.41, 5.74) is 0. The zero-order chi connectivity index (χ0) is 7.23. The van der Waals surface area contributed by atoms with Gasteiger partial charge in [0.25, 0.3) is 0 Å². The highest BCUT2D eigenvalue weighted by molar-refractivity contribution is 4.62. The standard InChI is InChI=1S/C5H12N2.C3H6/c1-7-4-2-6-3-5-7;1-2-3-1/h6H,2-5H2,1H3;1-3H2. The molecule has 0 radical (unpaired) electrons. The first-order chi connectivity index (χ1) is 4.89. The lowest BCUT2D eigenvalue weighted by Gasteiger charge is -2.21. The third-order valence-corrected chi connectivity index (χ3v) is 1.69. The van der Waals surface area contributed by atoms with E-state index in [1.165, 1.54) is 32.4 Å². The van der Waals surface area contributed by atoms with Crippen LogP contribution in [0.25, 0.3) is 0 Å². The van der Waals surface area contributed by atoms with Crippen LogP contribution in [0.15, 0.2) is 0 Å². The first-order valence-corrected chi connectivity index (χ1v) is 4.29. The number of piperazine rings is 1. The zero-order valence-corrected chi connectivity index (χ0v) is 6.90. The van der Waals surface area contributed by atoms with Crippen LogP contribution in [-0.2, 0) is 0 Å². The van der Waals surface area contributed by atoms with Crippen molar-refractivity contribution in [1.82, 2.24) is 10.2 Å². The van der Waals surface area contributed by atoms with Crippen LogP contribution < -0.4 is 5.32 Å². The second-order valence-corrected chi connectivity index (χ2v) is 3.11. The van der Waals surface area contributed by atoms with E-state index in [-0.39, 0.29) is 0 Å². The average Bonchev–Trinajstić information content (AvgIpc) is 2.73. The van der Waals surface area contributed by atoms with Crippen LogP contribution in [0.2, 0.25) is 0 Å². The number of rotatable bonds is 0. The minimum Gasteiger partial charge on any atom is -0.314 e. The molecule has 0 bridgehead atoms. The minimum absolute atomic E-state index is 1.16. The normalized spacial score (nSPS) is 24.9. The molecule has 1 saturated heterocycles. The zero-order valence-electron chi connectivity index (χ0n) is 6.90. The molecule has 0 aromatic heterocycles. The molecule has 0 unspecified atom stereocenters. The lowest BCUT2D eigenvalue weighted by Crippen LogP contribution is -2.40. The largest absolute Gasteiger partial charge is 0.314 e. The van der Waals surface area contributed by atoms with Gasteiger partial charge in [-0.3, -0.25) is 0 Å². The maximum atomic E-state index is 3.27. The Bertz CT molecular complexity index is 72.6. The Morgan fingerprint density at radius 1 is 1.00 bits per heavy atom. The predicted molar refractivity (Wildman–Crippen MR) is 44.2 cm³/mol. The van der Waals surface area contributed by atoms with E-state index >= 15 is 0 Å². The SMILES string of the molecule is C1CC1.CN1CCNCC1. The molecule has 0 spiro atoms. The van der Waals surface area contributed by atoms with Crippen molar-refractivity contribution in [1.29, 1.82) is 0 Å². The van der Waals surface area contributed by atoms with E-state index in [2.05, 4.69) is 17.3 Å². The first-order valence-electron chi connectivity index (χ1n) is 4.29.